The number of rotatable bonds is 6. The lowest BCUT2D eigenvalue weighted by Gasteiger charge is -2.26. The zero-order valence-electron chi connectivity index (χ0n) is 12.4. The third-order valence-electron chi connectivity index (χ3n) is 3.77. The predicted octanol–water partition coefficient (Wildman–Crippen LogP) is 1.21. The molecular formula is C15H17N3O5. The van der Waals surface area contributed by atoms with Gasteiger partial charge in [0, 0.05) is 19.5 Å². The molecule has 3 rings (SSSR count). The van der Waals surface area contributed by atoms with E-state index in [1.807, 2.05) is 10.7 Å². The number of fused-ring (bicyclic) bond motifs is 1. The fourth-order valence-electron chi connectivity index (χ4n) is 2.67. The Kier molecular flexibility index (Phi) is 4.16. The molecular weight excluding hydrogens is 302 g/mol. The first kappa shape index (κ1) is 15.3. The molecule has 0 atom stereocenters. The smallest absolute Gasteiger partial charge is 0.371 e. The van der Waals surface area contributed by atoms with Crippen LogP contribution in [0.3, 0.4) is 0 Å². The average molecular weight is 319 g/mol. The fraction of sp³-hybridized carbons (Fsp3) is 0.400. The molecule has 0 fully saturated rings. The predicted molar refractivity (Wildman–Crippen MR) is 78.0 cm³/mol. The summed E-state index contributed by atoms with van der Waals surface area (Å²) in [5, 5.41) is 22.0. The molecule has 0 saturated heterocycles. The van der Waals surface area contributed by atoms with Gasteiger partial charge in [-0.1, -0.05) is 0 Å². The lowest BCUT2D eigenvalue weighted by molar-refractivity contribution is -0.136. The molecule has 0 aliphatic carbocycles. The molecule has 0 aromatic carbocycles. The molecule has 0 amide bonds. The van der Waals surface area contributed by atoms with Gasteiger partial charge in [-0.3, -0.25) is 14.4 Å². The van der Waals surface area contributed by atoms with Gasteiger partial charge in [-0.2, -0.15) is 5.10 Å². The van der Waals surface area contributed by atoms with Crippen LogP contribution in [0.4, 0.5) is 0 Å². The topological polar surface area (TPSA) is 109 Å². The van der Waals surface area contributed by atoms with Gasteiger partial charge in [-0.25, -0.2) is 4.79 Å². The maximum absolute atomic E-state index is 10.8. The molecule has 122 valence electrons. The summed E-state index contributed by atoms with van der Waals surface area (Å²) >= 11 is 0. The molecule has 2 N–H and O–H groups in total. The summed E-state index contributed by atoms with van der Waals surface area (Å²) in [6.45, 7) is 2.69. The minimum atomic E-state index is -1.07. The summed E-state index contributed by atoms with van der Waals surface area (Å²) in [5.41, 5.74) is 1.82. The zero-order valence-corrected chi connectivity index (χ0v) is 12.4. The van der Waals surface area contributed by atoms with E-state index in [4.69, 9.17) is 14.6 Å². The fourth-order valence-corrected chi connectivity index (χ4v) is 2.67. The van der Waals surface area contributed by atoms with E-state index in [0.29, 0.717) is 25.3 Å². The summed E-state index contributed by atoms with van der Waals surface area (Å²) < 4.78 is 7.18. The van der Waals surface area contributed by atoms with Gasteiger partial charge in [0.1, 0.15) is 5.76 Å². The van der Waals surface area contributed by atoms with Crippen molar-refractivity contribution >= 4 is 11.9 Å². The highest BCUT2D eigenvalue weighted by Gasteiger charge is 2.20. The number of aryl methyl sites for hydroxylation is 1. The minimum Gasteiger partial charge on any atom is -0.481 e. The quantitative estimate of drug-likeness (QED) is 0.823. The van der Waals surface area contributed by atoms with Gasteiger partial charge in [0.05, 0.1) is 30.9 Å². The largest absolute Gasteiger partial charge is 0.481 e. The van der Waals surface area contributed by atoms with Crippen LogP contribution in [0.1, 0.15) is 34.1 Å². The molecule has 8 nitrogen and oxygen atoms in total. The summed E-state index contributed by atoms with van der Waals surface area (Å²) in [5.74, 6) is -1.35. The molecule has 2 aromatic heterocycles. The molecule has 0 spiro atoms. The third kappa shape index (κ3) is 3.59. The van der Waals surface area contributed by atoms with Crippen molar-refractivity contribution in [1.82, 2.24) is 14.7 Å². The molecule has 1 aliphatic heterocycles. The molecule has 23 heavy (non-hydrogen) atoms. The summed E-state index contributed by atoms with van der Waals surface area (Å²) in [4.78, 5) is 23.6. The highest BCUT2D eigenvalue weighted by molar-refractivity contribution is 5.84. The van der Waals surface area contributed by atoms with E-state index in [1.165, 1.54) is 6.07 Å². The van der Waals surface area contributed by atoms with Gasteiger partial charge in [-0.05, 0) is 18.2 Å². The van der Waals surface area contributed by atoms with Gasteiger partial charge < -0.3 is 14.6 Å². The first-order valence-corrected chi connectivity index (χ1v) is 7.33. The van der Waals surface area contributed by atoms with Crippen molar-refractivity contribution in [3.8, 4) is 0 Å². The lowest BCUT2D eigenvalue weighted by Crippen LogP contribution is -2.33. The lowest BCUT2D eigenvalue weighted by atomic mass is 10.2. The molecule has 2 aromatic rings. The number of carboxylic acid groups (broad SMARTS) is 2. The monoisotopic (exact) mass is 319 g/mol. The maximum Gasteiger partial charge on any atom is 0.371 e. The van der Waals surface area contributed by atoms with E-state index in [-0.39, 0.29) is 12.2 Å². The van der Waals surface area contributed by atoms with E-state index < -0.39 is 11.9 Å². The second-order valence-electron chi connectivity index (χ2n) is 5.53. The number of hydrogen-bond donors (Lipinski definition) is 2. The van der Waals surface area contributed by atoms with Gasteiger partial charge in [0.25, 0.3) is 0 Å². The number of nitrogens with zero attached hydrogens (tertiary/aromatic N) is 3. The van der Waals surface area contributed by atoms with E-state index in [2.05, 4.69) is 10.00 Å². The van der Waals surface area contributed by atoms with Crippen molar-refractivity contribution in [1.29, 1.82) is 0 Å². The standard InChI is InChI=1S/C15H17N3O5/c19-14(20)4-1-10-7-11-8-17(5-6-18(11)16-10)9-12-2-3-13(23-12)15(21)22/h2-3,7H,1,4-6,8-9H2,(H,19,20)(H,21,22). The molecule has 3 heterocycles. The van der Waals surface area contributed by atoms with Crippen LogP contribution in [0.5, 0.6) is 0 Å². The van der Waals surface area contributed by atoms with Crippen LogP contribution in [0, 0.1) is 0 Å². The Morgan fingerprint density at radius 3 is 2.78 bits per heavy atom. The van der Waals surface area contributed by atoms with Crippen molar-refractivity contribution < 1.29 is 24.2 Å². The number of furan rings is 1. The van der Waals surface area contributed by atoms with Crippen LogP contribution in [0.2, 0.25) is 0 Å². The number of aromatic carboxylic acids is 1. The third-order valence-corrected chi connectivity index (χ3v) is 3.77. The Labute approximate surface area is 131 Å². The van der Waals surface area contributed by atoms with Gasteiger partial charge in [0.15, 0.2) is 0 Å². The molecule has 0 unspecified atom stereocenters. The van der Waals surface area contributed by atoms with Crippen LogP contribution in [0.25, 0.3) is 0 Å². The van der Waals surface area contributed by atoms with E-state index in [9.17, 15) is 9.59 Å². The molecule has 0 bridgehead atoms. The van der Waals surface area contributed by atoms with E-state index in [0.717, 1.165) is 24.5 Å². The Morgan fingerprint density at radius 2 is 2.09 bits per heavy atom. The SMILES string of the molecule is O=C(O)CCc1cc2n(n1)CCN(Cc1ccc(C(=O)O)o1)C2. The molecule has 8 heteroatoms. The number of hydrogen-bond acceptors (Lipinski definition) is 5. The number of aromatic nitrogens is 2. The highest BCUT2D eigenvalue weighted by Crippen LogP contribution is 2.18. The van der Waals surface area contributed by atoms with Crippen LogP contribution < -0.4 is 0 Å². The van der Waals surface area contributed by atoms with Crippen LogP contribution in [0.15, 0.2) is 22.6 Å². The first-order valence-electron chi connectivity index (χ1n) is 7.33. The minimum absolute atomic E-state index is 0.0574. The van der Waals surface area contributed by atoms with Crippen LogP contribution in [-0.2, 0) is 30.8 Å². The first-order chi connectivity index (χ1) is 11.0. The van der Waals surface area contributed by atoms with Crippen molar-refractivity contribution in [3.63, 3.8) is 0 Å². The average Bonchev–Trinajstić information content (AvgIpc) is 3.11. The van der Waals surface area contributed by atoms with E-state index >= 15 is 0 Å². The molecule has 0 radical (unpaired) electrons. The summed E-state index contributed by atoms with van der Waals surface area (Å²) in [6, 6.07) is 5.06. The molecule has 0 saturated carbocycles. The van der Waals surface area contributed by atoms with Gasteiger partial charge in [0.2, 0.25) is 5.76 Å². The maximum atomic E-state index is 10.8. The number of carbonyl (C=O) groups is 2. The summed E-state index contributed by atoms with van der Waals surface area (Å²) in [7, 11) is 0. The summed E-state index contributed by atoms with van der Waals surface area (Å²) in [6.07, 6.45) is 0.500. The van der Waals surface area contributed by atoms with Crippen molar-refractivity contribution in [2.45, 2.75) is 32.5 Å². The Bertz CT molecular complexity index is 733. The normalized spacial score (nSPS) is 14.6. The second kappa shape index (κ2) is 6.25. The zero-order chi connectivity index (χ0) is 16.4. The second-order valence-corrected chi connectivity index (χ2v) is 5.53. The highest BCUT2D eigenvalue weighted by atomic mass is 16.4. The van der Waals surface area contributed by atoms with Crippen LogP contribution >= 0.6 is 0 Å². The number of carboxylic acids is 2. The van der Waals surface area contributed by atoms with Gasteiger partial charge >= 0.3 is 11.9 Å². The van der Waals surface area contributed by atoms with Crippen molar-refractivity contribution in [2.24, 2.45) is 0 Å². The Morgan fingerprint density at radius 1 is 1.26 bits per heavy atom. The number of aliphatic carboxylic acids is 1. The van der Waals surface area contributed by atoms with Crippen molar-refractivity contribution in [2.75, 3.05) is 6.54 Å². The Balaban J connectivity index is 1.62. The molecule has 1 aliphatic rings. The van der Waals surface area contributed by atoms with Crippen molar-refractivity contribution in [3.05, 3.63) is 41.1 Å². The Hall–Kier alpha value is -2.61. The van der Waals surface area contributed by atoms with Crippen LogP contribution in [-0.4, -0.2) is 43.4 Å². The van der Waals surface area contributed by atoms with Gasteiger partial charge in [-0.15, -0.1) is 0 Å². The van der Waals surface area contributed by atoms with E-state index in [1.54, 1.807) is 6.07 Å².